The summed E-state index contributed by atoms with van der Waals surface area (Å²) in [4.78, 5) is 0. The molecule has 0 atom stereocenters. The van der Waals surface area contributed by atoms with Crippen molar-refractivity contribution in [2.75, 3.05) is 5.32 Å². The molecular weight excluding hydrogens is 324 g/mol. The number of rotatable bonds is 3. The minimum absolute atomic E-state index is 0.594. The van der Waals surface area contributed by atoms with Crippen LogP contribution in [-0.4, -0.2) is 14.9 Å². The second-order valence-corrected chi connectivity index (χ2v) is 5.50. The van der Waals surface area contributed by atoms with Gasteiger partial charge < -0.3 is 10.6 Å². The van der Waals surface area contributed by atoms with Gasteiger partial charge in [-0.15, -0.1) is 0 Å². The molecule has 1 heterocycles. The molecule has 0 bridgehead atoms. The van der Waals surface area contributed by atoms with Crippen molar-refractivity contribution in [1.82, 2.24) is 15.1 Å². The van der Waals surface area contributed by atoms with Crippen LogP contribution < -0.4 is 10.6 Å². The van der Waals surface area contributed by atoms with Gasteiger partial charge >= 0.3 is 0 Å². The molecule has 0 aliphatic rings. The molecule has 0 radical (unpaired) electrons. The quantitative estimate of drug-likeness (QED) is 0.844. The highest BCUT2D eigenvalue weighted by Gasteiger charge is 2.06. The van der Waals surface area contributed by atoms with Gasteiger partial charge in [0.25, 0.3) is 0 Å². The SMILES string of the molecule is Cc1ccc(NC(=S)NCc2c(Br)cnn2C)cc1. The first kappa shape index (κ1) is 14.0. The van der Waals surface area contributed by atoms with Crippen molar-refractivity contribution in [1.29, 1.82) is 0 Å². The maximum Gasteiger partial charge on any atom is 0.171 e. The summed E-state index contributed by atoms with van der Waals surface area (Å²) < 4.78 is 2.78. The van der Waals surface area contributed by atoms with Crippen molar-refractivity contribution in [2.45, 2.75) is 13.5 Å². The van der Waals surface area contributed by atoms with Gasteiger partial charge in [-0.05, 0) is 47.2 Å². The average Bonchev–Trinajstić information content (AvgIpc) is 2.70. The fourth-order valence-electron chi connectivity index (χ4n) is 1.61. The summed E-state index contributed by atoms with van der Waals surface area (Å²) in [6, 6.07) is 8.10. The van der Waals surface area contributed by atoms with Crippen LogP contribution in [0.3, 0.4) is 0 Å². The van der Waals surface area contributed by atoms with Crippen LogP contribution in [-0.2, 0) is 13.6 Å². The number of aromatic nitrogens is 2. The molecule has 0 amide bonds. The molecule has 0 aliphatic heterocycles. The highest BCUT2D eigenvalue weighted by atomic mass is 79.9. The van der Waals surface area contributed by atoms with E-state index >= 15 is 0 Å². The van der Waals surface area contributed by atoms with Crippen LogP contribution in [0.1, 0.15) is 11.3 Å². The second-order valence-electron chi connectivity index (χ2n) is 4.24. The molecule has 0 spiro atoms. The number of hydrogen-bond acceptors (Lipinski definition) is 2. The summed E-state index contributed by atoms with van der Waals surface area (Å²) in [7, 11) is 1.90. The van der Waals surface area contributed by atoms with Crippen molar-refractivity contribution >= 4 is 38.9 Å². The molecule has 1 aromatic carbocycles. The van der Waals surface area contributed by atoms with Crippen LogP contribution in [0.15, 0.2) is 34.9 Å². The lowest BCUT2D eigenvalue weighted by Crippen LogP contribution is -2.28. The lowest BCUT2D eigenvalue weighted by Gasteiger charge is -2.11. The number of nitrogens with zero attached hydrogens (tertiary/aromatic N) is 2. The van der Waals surface area contributed by atoms with Crippen LogP contribution in [0.2, 0.25) is 0 Å². The summed E-state index contributed by atoms with van der Waals surface area (Å²) in [5, 5.41) is 11.1. The first-order valence-corrected chi connectivity index (χ1v) is 7.04. The molecule has 2 N–H and O–H groups in total. The van der Waals surface area contributed by atoms with Gasteiger partial charge in [0.05, 0.1) is 22.9 Å². The standard InChI is InChI=1S/C13H15BrN4S/c1-9-3-5-10(6-4-9)17-13(19)15-8-12-11(14)7-16-18(12)2/h3-7H,8H2,1-2H3,(H2,15,17,19). The van der Waals surface area contributed by atoms with Gasteiger partial charge in [-0.25, -0.2) is 0 Å². The number of aryl methyl sites for hydroxylation is 2. The summed E-state index contributed by atoms with van der Waals surface area (Å²) in [6.45, 7) is 2.68. The molecule has 0 saturated carbocycles. The minimum atomic E-state index is 0.594. The normalized spacial score (nSPS) is 10.3. The van der Waals surface area contributed by atoms with E-state index in [0.717, 1.165) is 15.9 Å². The predicted molar refractivity (Wildman–Crippen MR) is 85.1 cm³/mol. The Hall–Kier alpha value is -1.40. The first-order valence-electron chi connectivity index (χ1n) is 5.84. The minimum Gasteiger partial charge on any atom is -0.357 e. The Labute approximate surface area is 126 Å². The number of nitrogens with one attached hydrogen (secondary N) is 2. The molecule has 1 aromatic heterocycles. The molecule has 4 nitrogen and oxygen atoms in total. The number of anilines is 1. The van der Waals surface area contributed by atoms with Crippen molar-refractivity contribution < 1.29 is 0 Å². The first-order chi connectivity index (χ1) is 9.06. The summed E-state index contributed by atoms with van der Waals surface area (Å²) in [5.74, 6) is 0. The van der Waals surface area contributed by atoms with Gasteiger partial charge in [-0.3, -0.25) is 4.68 Å². The average molecular weight is 339 g/mol. The zero-order valence-electron chi connectivity index (χ0n) is 10.8. The predicted octanol–water partition coefficient (Wildman–Crippen LogP) is 2.98. The molecule has 0 aliphatic carbocycles. The molecule has 100 valence electrons. The Balaban J connectivity index is 1.90. The molecule has 6 heteroatoms. The Morgan fingerprint density at radius 2 is 2.05 bits per heavy atom. The Bertz CT molecular complexity index is 557. The third kappa shape index (κ3) is 3.78. The number of benzene rings is 1. The van der Waals surface area contributed by atoms with Crippen molar-refractivity contribution in [3.8, 4) is 0 Å². The number of thiocarbonyl (C=S) groups is 1. The van der Waals surface area contributed by atoms with Gasteiger partial charge in [-0.2, -0.15) is 5.10 Å². The van der Waals surface area contributed by atoms with Crippen LogP contribution in [0, 0.1) is 6.92 Å². The highest BCUT2D eigenvalue weighted by Crippen LogP contribution is 2.14. The highest BCUT2D eigenvalue weighted by molar-refractivity contribution is 9.10. The molecule has 19 heavy (non-hydrogen) atoms. The maximum absolute atomic E-state index is 5.26. The largest absolute Gasteiger partial charge is 0.357 e. The van der Waals surface area contributed by atoms with E-state index in [1.165, 1.54) is 5.56 Å². The maximum atomic E-state index is 5.26. The van der Waals surface area contributed by atoms with E-state index < -0.39 is 0 Å². The van der Waals surface area contributed by atoms with E-state index in [-0.39, 0.29) is 0 Å². The molecule has 0 saturated heterocycles. The summed E-state index contributed by atoms with van der Waals surface area (Å²) in [6.07, 6.45) is 1.77. The number of halogens is 1. The van der Waals surface area contributed by atoms with Crippen LogP contribution >= 0.6 is 28.1 Å². The lowest BCUT2D eigenvalue weighted by molar-refractivity contribution is 0.693. The molecule has 0 unspecified atom stereocenters. The third-order valence-corrected chi connectivity index (χ3v) is 3.65. The summed E-state index contributed by atoms with van der Waals surface area (Å²) >= 11 is 8.72. The van der Waals surface area contributed by atoms with Crippen molar-refractivity contribution in [2.24, 2.45) is 7.05 Å². The smallest absolute Gasteiger partial charge is 0.171 e. The Morgan fingerprint density at radius 1 is 1.37 bits per heavy atom. The summed E-state index contributed by atoms with van der Waals surface area (Å²) in [5.41, 5.74) is 3.25. The number of hydrogen-bond donors (Lipinski definition) is 2. The lowest BCUT2D eigenvalue weighted by atomic mass is 10.2. The fraction of sp³-hybridized carbons (Fsp3) is 0.231. The van der Waals surface area contributed by atoms with E-state index in [1.54, 1.807) is 6.20 Å². The molecular formula is C13H15BrN4S. The second kappa shape index (κ2) is 6.16. The molecule has 0 fully saturated rings. The van der Waals surface area contributed by atoms with Gasteiger partial charge in [0.15, 0.2) is 5.11 Å². The Kier molecular flexibility index (Phi) is 4.55. The van der Waals surface area contributed by atoms with E-state index in [4.69, 9.17) is 12.2 Å². The van der Waals surface area contributed by atoms with Crippen LogP contribution in [0.5, 0.6) is 0 Å². The Morgan fingerprint density at radius 3 is 2.63 bits per heavy atom. The van der Waals surface area contributed by atoms with Crippen molar-refractivity contribution in [3.05, 3.63) is 46.2 Å². The zero-order chi connectivity index (χ0) is 13.8. The van der Waals surface area contributed by atoms with Crippen LogP contribution in [0.25, 0.3) is 0 Å². The molecule has 2 aromatic rings. The van der Waals surface area contributed by atoms with E-state index in [9.17, 15) is 0 Å². The topological polar surface area (TPSA) is 41.9 Å². The molecule has 2 rings (SSSR count). The van der Waals surface area contributed by atoms with E-state index in [0.29, 0.717) is 11.7 Å². The third-order valence-electron chi connectivity index (χ3n) is 2.74. The van der Waals surface area contributed by atoms with E-state index in [1.807, 2.05) is 36.0 Å². The van der Waals surface area contributed by atoms with Gasteiger partial charge in [0.1, 0.15) is 0 Å². The van der Waals surface area contributed by atoms with Crippen LogP contribution in [0.4, 0.5) is 5.69 Å². The van der Waals surface area contributed by atoms with E-state index in [2.05, 4.69) is 38.6 Å². The van der Waals surface area contributed by atoms with Gasteiger partial charge in [0, 0.05) is 12.7 Å². The monoisotopic (exact) mass is 338 g/mol. The van der Waals surface area contributed by atoms with Gasteiger partial charge in [-0.1, -0.05) is 17.7 Å². The zero-order valence-corrected chi connectivity index (χ0v) is 13.2. The van der Waals surface area contributed by atoms with Crippen molar-refractivity contribution in [3.63, 3.8) is 0 Å². The van der Waals surface area contributed by atoms with Gasteiger partial charge in [0.2, 0.25) is 0 Å². The fourth-order valence-corrected chi connectivity index (χ4v) is 2.29.